The molecule has 5 nitrogen and oxygen atoms in total. The Kier molecular flexibility index (Phi) is 4.78. The van der Waals surface area contributed by atoms with Gasteiger partial charge in [-0.1, -0.05) is 37.3 Å². The Balaban J connectivity index is 1.57. The minimum absolute atomic E-state index is 0.0376. The first-order valence-corrected chi connectivity index (χ1v) is 9.96. The summed E-state index contributed by atoms with van der Waals surface area (Å²) in [5.41, 5.74) is 2.18. The largest absolute Gasteiger partial charge is 0.348 e. The van der Waals surface area contributed by atoms with Gasteiger partial charge in [-0.15, -0.1) is 11.3 Å². The van der Waals surface area contributed by atoms with E-state index in [-0.39, 0.29) is 11.9 Å². The van der Waals surface area contributed by atoms with Gasteiger partial charge in [0.25, 0.3) is 5.91 Å². The van der Waals surface area contributed by atoms with Gasteiger partial charge in [0.15, 0.2) is 0 Å². The Bertz CT molecular complexity index is 915. The van der Waals surface area contributed by atoms with Gasteiger partial charge in [-0.3, -0.25) is 9.48 Å². The normalized spacial score (nSPS) is 20.4. The molecular weight excluding hydrogens is 344 g/mol. The first kappa shape index (κ1) is 17.2. The third-order valence-electron chi connectivity index (χ3n) is 5.11. The van der Waals surface area contributed by atoms with Crippen LogP contribution in [0.1, 0.15) is 34.3 Å². The molecule has 26 heavy (non-hydrogen) atoms. The van der Waals surface area contributed by atoms with Gasteiger partial charge in [0, 0.05) is 11.4 Å². The van der Waals surface area contributed by atoms with Crippen LogP contribution >= 0.6 is 11.3 Å². The fraction of sp³-hybridized carbons (Fsp3) is 0.400. The van der Waals surface area contributed by atoms with Crippen molar-refractivity contribution in [2.75, 3.05) is 13.1 Å². The van der Waals surface area contributed by atoms with Crippen molar-refractivity contribution in [3.8, 4) is 0 Å². The highest BCUT2D eigenvalue weighted by Gasteiger charge is 2.24. The Morgan fingerprint density at radius 2 is 2.19 bits per heavy atom. The standard InChI is InChI=1S/C20H24N4OS/c1-13-11-21-9-8-17(13)22-19(25)18-10-16-14(2)23-24(20(16)26-18)12-15-6-4-3-5-7-15/h3-7,10,13,17,21H,8-9,11-12H2,1-2H3,(H,22,25). The Hall–Kier alpha value is -2.18. The number of benzene rings is 1. The molecule has 1 amide bonds. The molecule has 4 rings (SSSR count). The third-order valence-corrected chi connectivity index (χ3v) is 6.26. The Labute approximate surface area is 157 Å². The minimum Gasteiger partial charge on any atom is -0.348 e. The molecule has 136 valence electrons. The van der Waals surface area contributed by atoms with Gasteiger partial charge in [-0.25, -0.2) is 0 Å². The second-order valence-electron chi connectivity index (χ2n) is 7.11. The van der Waals surface area contributed by atoms with Crippen molar-refractivity contribution in [3.63, 3.8) is 0 Å². The van der Waals surface area contributed by atoms with Gasteiger partial charge in [0.05, 0.1) is 17.1 Å². The molecule has 2 unspecified atom stereocenters. The van der Waals surface area contributed by atoms with Crippen LogP contribution in [-0.2, 0) is 6.54 Å². The van der Waals surface area contributed by atoms with E-state index in [0.29, 0.717) is 5.92 Å². The molecule has 1 aromatic carbocycles. The number of rotatable bonds is 4. The van der Waals surface area contributed by atoms with Crippen molar-refractivity contribution in [1.29, 1.82) is 0 Å². The van der Waals surface area contributed by atoms with Crippen molar-refractivity contribution >= 4 is 27.5 Å². The summed E-state index contributed by atoms with van der Waals surface area (Å²) in [6, 6.07) is 12.5. The molecule has 1 aliphatic heterocycles. The van der Waals surface area contributed by atoms with Crippen LogP contribution in [0.2, 0.25) is 0 Å². The number of amides is 1. The highest BCUT2D eigenvalue weighted by Crippen LogP contribution is 2.29. The summed E-state index contributed by atoms with van der Waals surface area (Å²) in [5.74, 6) is 0.494. The van der Waals surface area contributed by atoms with Crippen LogP contribution in [0.3, 0.4) is 0 Å². The fourth-order valence-corrected chi connectivity index (χ4v) is 4.62. The van der Waals surface area contributed by atoms with E-state index < -0.39 is 0 Å². The zero-order valence-corrected chi connectivity index (χ0v) is 16.0. The lowest BCUT2D eigenvalue weighted by atomic mass is 9.95. The maximum Gasteiger partial charge on any atom is 0.261 e. The summed E-state index contributed by atoms with van der Waals surface area (Å²) in [4.78, 5) is 14.6. The quantitative estimate of drug-likeness (QED) is 0.744. The monoisotopic (exact) mass is 368 g/mol. The molecule has 0 saturated carbocycles. The number of hydrogen-bond donors (Lipinski definition) is 2. The average Bonchev–Trinajstić information content (AvgIpc) is 3.20. The van der Waals surface area contributed by atoms with Gasteiger partial charge in [0.1, 0.15) is 4.83 Å². The van der Waals surface area contributed by atoms with E-state index in [4.69, 9.17) is 0 Å². The molecule has 1 fully saturated rings. The van der Waals surface area contributed by atoms with E-state index in [1.165, 1.54) is 16.9 Å². The first-order chi connectivity index (χ1) is 12.6. The molecule has 2 aromatic heterocycles. The van der Waals surface area contributed by atoms with Crippen LogP contribution in [0.5, 0.6) is 0 Å². The lowest BCUT2D eigenvalue weighted by Gasteiger charge is -2.30. The zero-order valence-electron chi connectivity index (χ0n) is 15.2. The summed E-state index contributed by atoms with van der Waals surface area (Å²) in [6.45, 7) is 6.84. The number of thiophene rings is 1. The predicted molar refractivity (Wildman–Crippen MR) is 106 cm³/mol. The highest BCUT2D eigenvalue weighted by atomic mass is 32.1. The van der Waals surface area contributed by atoms with Crippen LogP contribution in [0, 0.1) is 12.8 Å². The van der Waals surface area contributed by atoms with Crippen molar-refractivity contribution in [2.45, 2.75) is 32.9 Å². The lowest BCUT2D eigenvalue weighted by Crippen LogP contribution is -2.48. The highest BCUT2D eigenvalue weighted by molar-refractivity contribution is 7.20. The molecule has 0 bridgehead atoms. The Morgan fingerprint density at radius 3 is 2.96 bits per heavy atom. The van der Waals surface area contributed by atoms with Crippen molar-refractivity contribution < 1.29 is 4.79 Å². The summed E-state index contributed by atoms with van der Waals surface area (Å²) in [5, 5.41) is 12.3. The van der Waals surface area contributed by atoms with Gasteiger partial charge in [0.2, 0.25) is 0 Å². The summed E-state index contributed by atoms with van der Waals surface area (Å²) in [6.07, 6.45) is 0.985. The molecule has 1 aliphatic rings. The molecule has 0 spiro atoms. The van der Waals surface area contributed by atoms with E-state index in [2.05, 4.69) is 34.8 Å². The van der Waals surface area contributed by atoms with Gasteiger partial charge < -0.3 is 10.6 Å². The predicted octanol–water partition coefficient (Wildman–Crippen LogP) is 3.18. The Morgan fingerprint density at radius 1 is 1.38 bits per heavy atom. The second-order valence-corrected chi connectivity index (χ2v) is 8.14. The summed E-state index contributed by atoms with van der Waals surface area (Å²) >= 11 is 1.53. The molecular formula is C20H24N4OS. The lowest BCUT2D eigenvalue weighted by molar-refractivity contribution is 0.0918. The number of nitrogens with zero attached hydrogens (tertiary/aromatic N) is 2. The van der Waals surface area contributed by atoms with E-state index in [0.717, 1.165) is 46.8 Å². The zero-order chi connectivity index (χ0) is 18.1. The maximum absolute atomic E-state index is 12.8. The topological polar surface area (TPSA) is 59.0 Å². The molecule has 6 heteroatoms. The fourth-order valence-electron chi connectivity index (χ4n) is 3.56. The van der Waals surface area contributed by atoms with Crippen molar-refractivity contribution in [1.82, 2.24) is 20.4 Å². The summed E-state index contributed by atoms with van der Waals surface area (Å²) < 4.78 is 2.01. The molecule has 0 aliphatic carbocycles. The molecule has 0 radical (unpaired) electrons. The van der Waals surface area contributed by atoms with E-state index in [1.807, 2.05) is 35.9 Å². The number of aryl methyl sites for hydroxylation is 1. The number of carbonyl (C=O) groups excluding carboxylic acids is 1. The second kappa shape index (κ2) is 7.21. The number of carbonyl (C=O) groups is 1. The maximum atomic E-state index is 12.8. The molecule has 1 saturated heterocycles. The smallest absolute Gasteiger partial charge is 0.261 e. The average molecular weight is 369 g/mol. The van der Waals surface area contributed by atoms with Crippen molar-refractivity contribution in [2.24, 2.45) is 5.92 Å². The van der Waals surface area contributed by atoms with E-state index >= 15 is 0 Å². The minimum atomic E-state index is 0.0376. The molecule has 2 atom stereocenters. The number of hydrogen-bond acceptors (Lipinski definition) is 4. The van der Waals surface area contributed by atoms with Gasteiger partial charge >= 0.3 is 0 Å². The van der Waals surface area contributed by atoms with Crippen LogP contribution in [0.4, 0.5) is 0 Å². The molecule has 2 N–H and O–H groups in total. The van der Waals surface area contributed by atoms with Crippen LogP contribution in [-0.4, -0.2) is 34.8 Å². The van der Waals surface area contributed by atoms with Crippen LogP contribution in [0.25, 0.3) is 10.2 Å². The molecule has 3 aromatic rings. The first-order valence-electron chi connectivity index (χ1n) is 9.14. The SMILES string of the molecule is Cc1nn(Cc2ccccc2)c2sc(C(=O)NC3CCNCC3C)cc12. The van der Waals surface area contributed by atoms with Crippen molar-refractivity contribution in [3.05, 3.63) is 52.5 Å². The molecule has 3 heterocycles. The summed E-state index contributed by atoms with van der Waals surface area (Å²) in [7, 11) is 0. The van der Waals surface area contributed by atoms with E-state index in [1.54, 1.807) is 0 Å². The van der Waals surface area contributed by atoms with Crippen LogP contribution in [0.15, 0.2) is 36.4 Å². The number of fused-ring (bicyclic) bond motifs is 1. The van der Waals surface area contributed by atoms with Crippen LogP contribution < -0.4 is 10.6 Å². The van der Waals surface area contributed by atoms with Gasteiger partial charge in [-0.2, -0.15) is 5.10 Å². The number of aromatic nitrogens is 2. The number of nitrogens with one attached hydrogen (secondary N) is 2. The third kappa shape index (κ3) is 3.39. The van der Waals surface area contributed by atoms with Gasteiger partial charge in [-0.05, 0) is 44.0 Å². The number of piperidine rings is 1. The van der Waals surface area contributed by atoms with E-state index in [9.17, 15) is 4.79 Å².